The first kappa shape index (κ1) is 15.5. The third-order valence-electron chi connectivity index (χ3n) is 4.29. The van der Waals surface area contributed by atoms with Crippen LogP contribution in [0, 0.1) is 0 Å². The van der Waals surface area contributed by atoms with E-state index in [4.69, 9.17) is 4.74 Å². The molecule has 2 unspecified atom stereocenters. The van der Waals surface area contributed by atoms with Crippen LogP contribution in [-0.4, -0.2) is 50.3 Å². The largest absolute Gasteiger partial charge is 0.379 e. The van der Waals surface area contributed by atoms with Crippen LogP contribution in [0.5, 0.6) is 0 Å². The van der Waals surface area contributed by atoms with E-state index in [2.05, 4.69) is 61.3 Å². The van der Waals surface area contributed by atoms with Gasteiger partial charge in [-0.25, -0.2) is 0 Å². The molecule has 3 heteroatoms. The predicted octanol–water partition coefficient (Wildman–Crippen LogP) is 2.27. The molecule has 2 rings (SSSR count). The molecule has 1 aliphatic heterocycles. The Morgan fingerprint density at radius 2 is 2.10 bits per heavy atom. The number of hydrogen-bond acceptors (Lipinski definition) is 3. The van der Waals surface area contributed by atoms with Gasteiger partial charge in [-0.2, -0.15) is 0 Å². The van der Waals surface area contributed by atoms with Gasteiger partial charge in [0.25, 0.3) is 0 Å². The van der Waals surface area contributed by atoms with Gasteiger partial charge in [-0.3, -0.25) is 4.90 Å². The van der Waals surface area contributed by atoms with Crippen molar-refractivity contribution in [1.29, 1.82) is 0 Å². The topological polar surface area (TPSA) is 24.5 Å². The Balaban J connectivity index is 2.14. The van der Waals surface area contributed by atoms with E-state index < -0.39 is 0 Å². The molecule has 0 radical (unpaired) electrons. The van der Waals surface area contributed by atoms with E-state index in [1.54, 1.807) is 0 Å². The van der Waals surface area contributed by atoms with E-state index in [9.17, 15) is 0 Å². The first-order valence-corrected chi connectivity index (χ1v) is 7.74. The summed E-state index contributed by atoms with van der Waals surface area (Å²) in [5, 5.41) is 3.53. The van der Waals surface area contributed by atoms with Crippen molar-refractivity contribution in [2.75, 3.05) is 39.4 Å². The van der Waals surface area contributed by atoms with Gasteiger partial charge in [-0.1, -0.05) is 44.2 Å². The maximum atomic E-state index is 5.56. The number of rotatable bonds is 6. The summed E-state index contributed by atoms with van der Waals surface area (Å²) in [7, 11) is 0. The number of benzene rings is 1. The molecule has 1 heterocycles. The highest BCUT2D eigenvalue weighted by molar-refractivity contribution is 5.25. The summed E-state index contributed by atoms with van der Waals surface area (Å²) in [6, 6.07) is 11.4. The second-order valence-corrected chi connectivity index (χ2v) is 6.10. The summed E-state index contributed by atoms with van der Waals surface area (Å²) < 4.78 is 5.56. The molecular weight excluding hydrogens is 248 g/mol. The molecule has 0 aromatic heterocycles. The Bertz CT molecular complexity index is 395. The summed E-state index contributed by atoms with van der Waals surface area (Å²) in [4.78, 5) is 2.56. The summed E-state index contributed by atoms with van der Waals surface area (Å²) >= 11 is 0. The summed E-state index contributed by atoms with van der Waals surface area (Å²) in [6.07, 6.45) is 0. The average molecular weight is 276 g/mol. The smallest absolute Gasteiger partial charge is 0.0619 e. The van der Waals surface area contributed by atoms with Crippen molar-refractivity contribution in [2.45, 2.75) is 32.2 Å². The minimum atomic E-state index is 0.142. The molecule has 20 heavy (non-hydrogen) atoms. The highest BCUT2D eigenvalue weighted by Gasteiger charge is 2.31. The third kappa shape index (κ3) is 3.81. The fraction of sp³-hybridized carbons (Fsp3) is 0.647. The van der Waals surface area contributed by atoms with Crippen molar-refractivity contribution in [3.05, 3.63) is 35.9 Å². The standard InChI is InChI=1S/C17H28N2O/c1-4-18-13-17(3,16-8-6-5-7-9-16)14-19-10-11-20-12-15(19)2/h5-9,15,18H,4,10-14H2,1-3H3. The Labute approximate surface area is 123 Å². The van der Waals surface area contributed by atoms with Crippen LogP contribution in [0.1, 0.15) is 26.3 Å². The summed E-state index contributed by atoms with van der Waals surface area (Å²) in [6.45, 7) is 12.7. The normalized spacial score (nSPS) is 23.4. The first-order chi connectivity index (χ1) is 9.65. The van der Waals surface area contributed by atoms with Crippen LogP contribution >= 0.6 is 0 Å². The van der Waals surface area contributed by atoms with E-state index >= 15 is 0 Å². The molecule has 3 nitrogen and oxygen atoms in total. The van der Waals surface area contributed by atoms with Crippen LogP contribution in [0.3, 0.4) is 0 Å². The van der Waals surface area contributed by atoms with Crippen LogP contribution in [0.4, 0.5) is 0 Å². The molecule has 1 N–H and O–H groups in total. The zero-order valence-corrected chi connectivity index (χ0v) is 13.1. The number of nitrogens with one attached hydrogen (secondary N) is 1. The maximum absolute atomic E-state index is 5.56. The number of nitrogens with zero attached hydrogens (tertiary/aromatic N) is 1. The van der Waals surface area contributed by atoms with E-state index in [0.717, 1.165) is 39.4 Å². The van der Waals surface area contributed by atoms with E-state index in [1.807, 2.05) is 0 Å². The van der Waals surface area contributed by atoms with Crippen LogP contribution < -0.4 is 5.32 Å². The lowest BCUT2D eigenvalue weighted by Crippen LogP contribution is -2.52. The van der Waals surface area contributed by atoms with Crippen LogP contribution in [-0.2, 0) is 10.2 Å². The van der Waals surface area contributed by atoms with Gasteiger partial charge in [0.2, 0.25) is 0 Å². The Morgan fingerprint density at radius 1 is 1.35 bits per heavy atom. The second-order valence-electron chi connectivity index (χ2n) is 6.10. The van der Waals surface area contributed by atoms with Crippen LogP contribution in [0.15, 0.2) is 30.3 Å². The Morgan fingerprint density at radius 3 is 2.75 bits per heavy atom. The molecule has 1 aromatic rings. The number of hydrogen-bond donors (Lipinski definition) is 1. The quantitative estimate of drug-likeness (QED) is 0.862. The van der Waals surface area contributed by atoms with Gasteiger partial charge in [0.1, 0.15) is 0 Å². The first-order valence-electron chi connectivity index (χ1n) is 7.74. The summed E-state index contributed by atoms with van der Waals surface area (Å²) in [5.41, 5.74) is 1.56. The van der Waals surface area contributed by atoms with Gasteiger partial charge in [0.15, 0.2) is 0 Å². The highest BCUT2D eigenvalue weighted by atomic mass is 16.5. The van der Waals surface area contributed by atoms with Gasteiger partial charge >= 0.3 is 0 Å². The molecule has 1 aliphatic rings. The number of likely N-dealkylation sites (N-methyl/N-ethyl adjacent to an activating group) is 1. The minimum Gasteiger partial charge on any atom is -0.379 e. The molecule has 0 aliphatic carbocycles. The van der Waals surface area contributed by atoms with Crippen molar-refractivity contribution >= 4 is 0 Å². The highest BCUT2D eigenvalue weighted by Crippen LogP contribution is 2.26. The second kappa shape index (κ2) is 7.21. The van der Waals surface area contributed by atoms with E-state index in [-0.39, 0.29) is 5.41 Å². The monoisotopic (exact) mass is 276 g/mol. The van der Waals surface area contributed by atoms with Crippen LogP contribution in [0.25, 0.3) is 0 Å². The van der Waals surface area contributed by atoms with E-state index in [0.29, 0.717) is 6.04 Å². The van der Waals surface area contributed by atoms with Gasteiger partial charge in [-0.15, -0.1) is 0 Å². The SMILES string of the molecule is CCNCC(C)(CN1CCOCC1C)c1ccccc1. The Hall–Kier alpha value is -0.900. The average Bonchev–Trinajstić information content (AvgIpc) is 2.48. The minimum absolute atomic E-state index is 0.142. The lowest BCUT2D eigenvalue weighted by Gasteiger charge is -2.41. The molecule has 0 saturated carbocycles. The zero-order chi connectivity index (χ0) is 14.4. The van der Waals surface area contributed by atoms with Crippen molar-refractivity contribution in [1.82, 2.24) is 10.2 Å². The zero-order valence-electron chi connectivity index (χ0n) is 13.1. The number of morpholine rings is 1. The van der Waals surface area contributed by atoms with Crippen molar-refractivity contribution in [3.63, 3.8) is 0 Å². The molecular formula is C17H28N2O. The molecule has 0 spiro atoms. The van der Waals surface area contributed by atoms with Gasteiger partial charge in [0.05, 0.1) is 13.2 Å². The molecule has 112 valence electrons. The lowest BCUT2D eigenvalue weighted by atomic mass is 9.81. The lowest BCUT2D eigenvalue weighted by molar-refractivity contribution is -0.00953. The van der Waals surface area contributed by atoms with E-state index in [1.165, 1.54) is 5.56 Å². The number of ether oxygens (including phenoxy) is 1. The molecule has 1 aromatic carbocycles. The van der Waals surface area contributed by atoms with Crippen molar-refractivity contribution in [3.8, 4) is 0 Å². The summed E-state index contributed by atoms with van der Waals surface area (Å²) in [5.74, 6) is 0. The molecule has 2 atom stereocenters. The molecule has 1 fully saturated rings. The molecule has 1 saturated heterocycles. The van der Waals surface area contributed by atoms with Gasteiger partial charge in [0, 0.05) is 31.1 Å². The van der Waals surface area contributed by atoms with Crippen molar-refractivity contribution in [2.24, 2.45) is 0 Å². The predicted molar refractivity (Wildman–Crippen MR) is 84.2 cm³/mol. The van der Waals surface area contributed by atoms with Gasteiger partial charge in [-0.05, 0) is 19.0 Å². The fourth-order valence-corrected chi connectivity index (χ4v) is 2.94. The van der Waals surface area contributed by atoms with Gasteiger partial charge < -0.3 is 10.1 Å². The van der Waals surface area contributed by atoms with Crippen LogP contribution in [0.2, 0.25) is 0 Å². The van der Waals surface area contributed by atoms with Crippen molar-refractivity contribution < 1.29 is 4.74 Å². The molecule has 0 amide bonds. The maximum Gasteiger partial charge on any atom is 0.0619 e. The fourth-order valence-electron chi connectivity index (χ4n) is 2.94. The molecule has 0 bridgehead atoms. The third-order valence-corrected chi connectivity index (χ3v) is 4.29. The Kier molecular flexibility index (Phi) is 5.58.